The lowest BCUT2D eigenvalue weighted by molar-refractivity contribution is -0.161. The number of ether oxygens (including phenoxy) is 1. The molecule has 0 amide bonds. The van der Waals surface area contributed by atoms with Crippen molar-refractivity contribution in [1.82, 2.24) is 9.21 Å². The average Bonchev–Trinajstić information content (AvgIpc) is 2.67. The van der Waals surface area contributed by atoms with Crippen LogP contribution in [0.25, 0.3) is 0 Å². The zero-order valence-corrected chi connectivity index (χ0v) is 18.2. The van der Waals surface area contributed by atoms with Gasteiger partial charge in [0.25, 0.3) is 0 Å². The Bertz CT molecular complexity index is 936. The standard InChI is InChI=1S/C23H30N2O3S/c1-18(2)22-14-28-17-23(25(22)13-20-7-5-4-6-8-20)15-24(16-23)29(26,27)21-11-9-19(3)10-12-21/h4-12,18,22H,13-17H2,1-3H3/t22-/m0/s1. The highest BCUT2D eigenvalue weighted by molar-refractivity contribution is 7.89. The molecule has 0 aromatic heterocycles. The fourth-order valence-corrected chi connectivity index (χ4v) is 6.02. The summed E-state index contributed by atoms with van der Waals surface area (Å²) in [4.78, 5) is 2.86. The van der Waals surface area contributed by atoms with Crippen molar-refractivity contribution in [3.63, 3.8) is 0 Å². The van der Waals surface area contributed by atoms with Gasteiger partial charge >= 0.3 is 0 Å². The third kappa shape index (κ3) is 3.87. The van der Waals surface area contributed by atoms with Gasteiger partial charge in [-0.15, -0.1) is 0 Å². The summed E-state index contributed by atoms with van der Waals surface area (Å²) in [7, 11) is -3.48. The first-order valence-corrected chi connectivity index (χ1v) is 11.7. The van der Waals surface area contributed by atoms with E-state index in [1.165, 1.54) is 5.56 Å². The zero-order chi connectivity index (χ0) is 20.6. The van der Waals surface area contributed by atoms with Crippen molar-refractivity contribution >= 4 is 10.0 Å². The smallest absolute Gasteiger partial charge is 0.243 e. The minimum absolute atomic E-state index is 0.263. The molecule has 6 heteroatoms. The number of rotatable bonds is 5. The van der Waals surface area contributed by atoms with E-state index in [1.807, 2.05) is 25.1 Å². The minimum atomic E-state index is -3.48. The van der Waals surface area contributed by atoms with Crippen molar-refractivity contribution in [3.05, 3.63) is 65.7 Å². The van der Waals surface area contributed by atoms with Crippen molar-refractivity contribution in [2.45, 2.75) is 43.8 Å². The van der Waals surface area contributed by atoms with Crippen LogP contribution in [-0.2, 0) is 21.3 Å². The van der Waals surface area contributed by atoms with Gasteiger partial charge in [0.1, 0.15) is 0 Å². The number of hydrogen-bond donors (Lipinski definition) is 0. The Morgan fingerprint density at radius 3 is 2.34 bits per heavy atom. The fourth-order valence-electron chi connectivity index (χ4n) is 4.42. The van der Waals surface area contributed by atoms with Crippen molar-refractivity contribution < 1.29 is 13.2 Å². The van der Waals surface area contributed by atoms with Crippen molar-refractivity contribution in [2.24, 2.45) is 5.92 Å². The van der Waals surface area contributed by atoms with Gasteiger partial charge in [-0.1, -0.05) is 61.9 Å². The SMILES string of the molecule is Cc1ccc(S(=O)(=O)N2CC3(COC[C@@H](C(C)C)N3Cc3ccccc3)C2)cc1. The summed E-state index contributed by atoms with van der Waals surface area (Å²) in [5.74, 6) is 0.429. The van der Waals surface area contributed by atoms with Crippen molar-refractivity contribution in [1.29, 1.82) is 0 Å². The second-order valence-corrected chi connectivity index (χ2v) is 10.7. The Labute approximate surface area is 174 Å². The molecule has 0 N–H and O–H groups in total. The third-order valence-electron chi connectivity index (χ3n) is 6.23. The second kappa shape index (κ2) is 7.84. The molecule has 2 heterocycles. The molecule has 1 spiro atoms. The van der Waals surface area contributed by atoms with Crippen LogP contribution in [0, 0.1) is 12.8 Å². The number of benzene rings is 2. The van der Waals surface area contributed by atoms with Crippen LogP contribution in [0.5, 0.6) is 0 Å². The van der Waals surface area contributed by atoms with Crippen LogP contribution in [0.2, 0.25) is 0 Å². The first-order chi connectivity index (χ1) is 13.8. The van der Waals surface area contributed by atoms with Crippen LogP contribution in [0.1, 0.15) is 25.0 Å². The van der Waals surface area contributed by atoms with Crippen LogP contribution in [0.3, 0.4) is 0 Å². The summed E-state index contributed by atoms with van der Waals surface area (Å²) in [5, 5.41) is 0. The molecule has 0 radical (unpaired) electrons. The van der Waals surface area contributed by atoms with Crippen LogP contribution in [0.15, 0.2) is 59.5 Å². The maximum atomic E-state index is 13.1. The van der Waals surface area contributed by atoms with Gasteiger partial charge in [-0.3, -0.25) is 4.90 Å². The van der Waals surface area contributed by atoms with Crippen LogP contribution >= 0.6 is 0 Å². The number of morpholine rings is 1. The van der Waals surface area contributed by atoms with E-state index in [4.69, 9.17) is 4.74 Å². The molecule has 0 unspecified atom stereocenters. The summed E-state index contributed by atoms with van der Waals surface area (Å²) >= 11 is 0. The van der Waals surface area contributed by atoms with E-state index in [2.05, 4.69) is 43.0 Å². The second-order valence-electron chi connectivity index (χ2n) is 8.75. The molecule has 29 heavy (non-hydrogen) atoms. The van der Waals surface area contributed by atoms with E-state index >= 15 is 0 Å². The minimum Gasteiger partial charge on any atom is -0.378 e. The van der Waals surface area contributed by atoms with Crippen molar-refractivity contribution in [2.75, 3.05) is 26.3 Å². The zero-order valence-electron chi connectivity index (χ0n) is 17.4. The van der Waals surface area contributed by atoms with E-state index in [0.717, 1.165) is 12.1 Å². The molecule has 0 aliphatic carbocycles. The molecule has 156 valence electrons. The highest BCUT2D eigenvalue weighted by Crippen LogP contribution is 2.39. The van der Waals surface area contributed by atoms with Crippen LogP contribution in [-0.4, -0.2) is 55.5 Å². The van der Waals surface area contributed by atoms with Crippen LogP contribution < -0.4 is 0 Å². The van der Waals surface area contributed by atoms with Gasteiger partial charge in [-0.2, -0.15) is 4.31 Å². The van der Waals surface area contributed by atoms with E-state index in [0.29, 0.717) is 37.1 Å². The maximum absolute atomic E-state index is 13.1. The Hall–Kier alpha value is -1.73. The molecule has 1 atom stereocenters. The number of hydrogen-bond acceptors (Lipinski definition) is 4. The third-order valence-corrected chi connectivity index (χ3v) is 8.04. The molecule has 4 rings (SSSR count). The number of nitrogens with zero attached hydrogens (tertiary/aromatic N) is 2. The van der Waals surface area contributed by atoms with Gasteiger partial charge in [0.05, 0.1) is 23.6 Å². The first kappa shape index (κ1) is 20.5. The molecule has 2 aliphatic heterocycles. The molecule has 0 bridgehead atoms. The summed E-state index contributed by atoms with van der Waals surface area (Å²) in [6.45, 7) is 9.40. The fraction of sp³-hybridized carbons (Fsp3) is 0.478. The Morgan fingerprint density at radius 1 is 1.07 bits per heavy atom. The first-order valence-electron chi connectivity index (χ1n) is 10.3. The largest absolute Gasteiger partial charge is 0.378 e. The highest BCUT2D eigenvalue weighted by Gasteiger charge is 2.55. The van der Waals surface area contributed by atoms with Gasteiger partial charge < -0.3 is 4.74 Å². The summed E-state index contributed by atoms with van der Waals surface area (Å²) in [5.41, 5.74) is 2.04. The normalized spacial score (nSPS) is 22.7. The van der Waals surface area contributed by atoms with Gasteiger partial charge in [-0.05, 0) is 30.5 Å². The monoisotopic (exact) mass is 414 g/mol. The van der Waals surface area contributed by atoms with E-state index in [9.17, 15) is 8.42 Å². The van der Waals surface area contributed by atoms with E-state index in [1.54, 1.807) is 16.4 Å². The molecule has 2 fully saturated rings. The maximum Gasteiger partial charge on any atom is 0.243 e. The lowest BCUT2D eigenvalue weighted by atomic mass is 9.85. The van der Waals surface area contributed by atoms with Gasteiger partial charge in [-0.25, -0.2) is 8.42 Å². The van der Waals surface area contributed by atoms with Gasteiger partial charge in [0, 0.05) is 25.7 Å². The van der Waals surface area contributed by atoms with Crippen LogP contribution in [0.4, 0.5) is 0 Å². The molecular formula is C23H30N2O3S. The molecule has 5 nitrogen and oxygen atoms in total. The molecule has 2 aromatic rings. The lowest BCUT2D eigenvalue weighted by Gasteiger charge is -2.60. The lowest BCUT2D eigenvalue weighted by Crippen LogP contribution is -2.77. The highest BCUT2D eigenvalue weighted by atomic mass is 32.2. The Balaban J connectivity index is 1.58. The predicted octanol–water partition coefficient (Wildman–Crippen LogP) is 3.30. The predicted molar refractivity (Wildman–Crippen MR) is 114 cm³/mol. The quantitative estimate of drug-likeness (QED) is 0.753. The topological polar surface area (TPSA) is 49.9 Å². The molecule has 2 saturated heterocycles. The Morgan fingerprint density at radius 2 is 1.72 bits per heavy atom. The molecular weight excluding hydrogens is 384 g/mol. The number of aryl methyl sites for hydroxylation is 1. The molecule has 0 saturated carbocycles. The summed E-state index contributed by atoms with van der Waals surface area (Å²) in [6, 6.07) is 17.8. The van der Waals surface area contributed by atoms with Gasteiger partial charge in [0.2, 0.25) is 10.0 Å². The Kier molecular flexibility index (Phi) is 5.55. The molecule has 2 aliphatic rings. The average molecular weight is 415 g/mol. The van der Waals surface area contributed by atoms with E-state index in [-0.39, 0.29) is 11.6 Å². The number of sulfonamides is 1. The summed E-state index contributed by atoms with van der Waals surface area (Å²) < 4.78 is 33.8. The van der Waals surface area contributed by atoms with Crippen molar-refractivity contribution in [3.8, 4) is 0 Å². The summed E-state index contributed by atoms with van der Waals surface area (Å²) in [6.07, 6.45) is 0. The molecule has 2 aromatic carbocycles. The van der Waals surface area contributed by atoms with E-state index < -0.39 is 10.0 Å². The van der Waals surface area contributed by atoms with Gasteiger partial charge in [0.15, 0.2) is 0 Å².